The lowest BCUT2D eigenvalue weighted by molar-refractivity contribution is 0.0936. The van der Waals surface area contributed by atoms with Gasteiger partial charge in [0, 0.05) is 13.2 Å². The number of amides is 1. The van der Waals surface area contributed by atoms with E-state index in [-0.39, 0.29) is 11.9 Å². The lowest BCUT2D eigenvalue weighted by Crippen LogP contribution is -2.35. The largest absolute Gasteiger partial charge is 0.467 e. The third-order valence-corrected chi connectivity index (χ3v) is 2.84. The summed E-state index contributed by atoms with van der Waals surface area (Å²) in [5, 5.41) is 0. The molecule has 0 saturated carbocycles. The number of hydrogen-bond donors (Lipinski definition) is 2. The van der Waals surface area contributed by atoms with Crippen LogP contribution in [-0.4, -0.2) is 37.1 Å². The smallest absolute Gasteiger partial charge is 0.268 e. The number of nitrogen functional groups attached to an aromatic ring is 1. The van der Waals surface area contributed by atoms with Crippen LogP contribution in [0.15, 0.2) is 16.7 Å². The van der Waals surface area contributed by atoms with Gasteiger partial charge in [-0.05, 0) is 19.5 Å². The Morgan fingerprint density at radius 2 is 2.39 bits per heavy atom. The zero-order valence-corrected chi connectivity index (χ0v) is 11.1. The van der Waals surface area contributed by atoms with Crippen molar-refractivity contribution in [2.24, 2.45) is 5.84 Å². The maximum absolute atomic E-state index is 11.3. The topological polar surface area (TPSA) is 80.7 Å². The average molecular weight is 255 g/mol. The zero-order valence-electron chi connectivity index (χ0n) is 11.1. The highest BCUT2D eigenvalue weighted by atomic mass is 16.5. The van der Waals surface area contributed by atoms with Crippen molar-refractivity contribution in [1.82, 2.24) is 10.3 Å². The van der Waals surface area contributed by atoms with Gasteiger partial charge in [-0.3, -0.25) is 15.1 Å². The molecule has 1 amide bonds. The summed E-state index contributed by atoms with van der Waals surface area (Å²) in [5.74, 6) is 5.45. The molecule has 1 heterocycles. The van der Waals surface area contributed by atoms with Crippen LogP contribution in [0.5, 0.6) is 0 Å². The summed E-state index contributed by atoms with van der Waals surface area (Å²) >= 11 is 0. The number of rotatable bonds is 7. The molecule has 3 N–H and O–H groups in total. The number of hydrazine groups is 1. The maximum Gasteiger partial charge on any atom is 0.268 e. The number of carbonyl (C=O) groups is 1. The number of methoxy groups -OCH3 is 1. The molecule has 0 radical (unpaired) electrons. The number of nitrogens with one attached hydrogen (secondary N) is 1. The van der Waals surface area contributed by atoms with E-state index in [4.69, 9.17) is 15.0 Å². The number of furan rings is 1. The molecule has 0 fully saturated rings. The first kappa shape index (κ1) is 14.7. The van der Waals surface area contributed by atoms with Gasteiger partial charge < -0.3 is 9.15 Å². The Bertz CT molecular complexity index is 378. The monoisotopic (exact) mass is 255 g/mol. The van der Waals surface area contributed by atoms with Crippen LogP contribution in [-0.2, 0) is 11.3 Å². The first-order chi connectivity index (χ1) is 8.62. The number of ether oxygens (including phenoxy) is 1. The van der Waals surface area contributed by atoms with E-state index in [0.717, 1.165) is 12.3 Å². The van der Waals surface area contributed by atoms with Gasteiger partial charge in [-0.1, -0.05) is 6.92 Å². The van der Waals surface area contributed by atoms with E-state index in [1.807, 2.05) is 0 Å². The minimum atomic E-state index is -0.349. The SMILES string of the molecule is CCN(Cc1cc(C(=O)NN)co1)C(C)COC. The highest BCUT2D eigenvalue weighted by molar-refractivity contribution is 5.93. The second-order valence-electron chi connectivity index (χ2n) is 4.14. The molecule has 0 saturated heterocycles. The molecule has 1 unspecified atom stereocenters. The van der Waals surface area contributed by atoms with Gasteiger partial charge in [-0.2, -0.15) is 0 Å². The van der Waals surface area contributed by atoms with Crippen LogP contribution in [0.3, 0.4) is 0 Å². The van der Waals surface area contributed by atoms with Crippen molar-refractivity contribution in [3.8, 4) is 0 Å². The van der Waals surface area contributed by atoms with Gasteiger partial charge >= 0.3 is 0 Å². The molecule has 102 valence electrons. The first-order valence-corrected chi connectivity index (χ1v) is 5.93. The zero-order chi connectivity index (χ0) is 13.5. The molecule has 0 spiro atoms. The highest BCUT2D eigenvalue weighted by Crippen LogP contribution is 2.12. The minimum absolute atomic E-state index is 0.289. The standard InChI is InChI=1S/C12H21N3O3/c1-4-15(9(2)7-17-3)6-11-5-10(8-18-11)12(16)14-13/h5,8-9H,4,6-7,13H2,1-3H3,(H,14,16). The Labute approximate surface area is 107 Å². The lowest BCUT2D eigenvalue weighted by atomic mass is 10.2. The van der Waals surface area contributed by atoms with Crippen LogP contribution in [0.25, 0.3) is 0 Å². The molecule has 0 bridgehead atoms. The normalized spacial score (nSPS) is 12.7. The van der Waals surface area contributed by atoms with Gasteiger partial charge in [0.1, 0.15) is 12.0 Å². The fourth-order valence-corrected chi connectivity index (χ4v) is 1.79. The van der Waals surface area contributed by atoms with E-state index >= 15 is 0 Å². The Kier molecular flexibility index (Phi) is 5.84. The fourth-order valence-electron chi connectivity index (χ4n) is 1.79. The highest BCUT2D eigenvalue weighted by Gasteiger charge is 2.15. The summed E-state index contributed by atoms with van der Waals surface area (Å²) in [6.07, 6.45) is 1.41. The van der Waals surface area contributed by atoms with E-state index in [9.17, 15) is 4.79 Å². The number of nitrogens with two attached hydrogens (primary N) is 1. The molecule has 6 nitrogen and oxygen atoms in total. The molecular formula is C12H21N3O3. The lowest BCUT2D eigenvalue weighted by Gasteiger charge is -2.26. The van der Waals surface area contributed by atoms with Crippen molar-refractivity contribution in [3.05, 3.63) is 23.7 Å². The second kappa shape index (κ2) is 7.15. The van der Waals surface area contributed by atoms with Crippen LogP contribution in [0.2, 0.25) is 0 Å². The van der Waals surface area contributed by atoms with Gasteiger partial charge in [-0.15, -0.1) is 0 Å². The molecule has 0 aliphatic heterocycles. The molecule has 1 atom stereocenters. The Balaban J connectivity index is 2.64. The minimum Gasteiger partial charge on any atom is -0.467 e. The first-order valence-electron chi connectivity index (χ1n) is 5.93. The van der Waals surface area contributed by atoms with E-state index < -0.39 is 0 Å². The van der Waals surface area contributed by atoms with Crippen LogP contribution in [0.1, 0.15) is 30.0 Å². The van der Waals surface area contributed by atoms with Gasteiger partial charge in [0.25, 0.3) is 5.91 Å². The molecular weight excluding hydrogens is 234 g/mol. The summed E-state index contributed by atoms with van der Waals surface area (Å²) in [5.41, 5.74) is 2.51. The Morgan fingerprint density at radius 3 is 2.94 bits per heavy atom. The summed E-state index contributed by atoms with van der Waals surface area (Å²) in [7, 11) is 1.68. The summed E-state index contributed by atoms with van der Waals surface area (Å²) < 4.78 is 10.5. The van der Waals surface area contributed by atoms with Crippen molar-refractivity contribution in [2.75, 3.05) is 20.3 Å². The Morgan fingerprint density at radius 1 is 1.67 bits per heavy atom. The van der Waals surface area contributed by atoms with Gasteiger partial charge in [-0.25, -0.2) is 5.84 Å². The van der Waals surface area contributed by atoms with Gasteiger partial charge in [0.05, 0.1) is 18.7 Å². The van der Waals surface area contributed by atoms with Gasteiger partial charge in [0.15, 0.2) is 0 Å². The van der Waals surface area contributed by atoms with Crippen molar-refractivity contribution in [1.29, 1.82) is 0 Å². The van der Waals surface area contributed by atoms with Gasteiger partial charge in [0.2, 0.25) is 0 Å². The molecule has 1 aromatic heterocycles. The number of nitrogens with zero attached hydrogens (tertiary/aromatic N) is 1. The summed E-state index contributed by atoms with van der Waals surface area (Å²) in [6.45, 7) is 6.33. The molecule has 1 rings (SSSR count). The molecule has 6 heteroatoms. The number of hydrogen-bond acceptors (Lipinski definition) is 5. The van der Waals surface area contributed by atoms with Crippen molar-refractivity contribution in [3.63, 3.8) is 0 Å². The molecule has 0 aliphatic carbocycles. The summed E-state index contributed by atoms with van der Waals surface area (Å²) in [6, 6.07) is 1.99. The van der Waals surface area contributed by atoms with E-state index in [1.165, 1.54) is 6.26 Å². The van der Waals surface area contributed by atoms with Crippen LogP contribution < -0.4 is 11.3 Å². The molecule has 18 heavy (non-hydrogen) atoms. The van der Waals surface area contributed by atoms with Crippen molar-refractivity contribution < 1.29 is 13.9 Å². The molecule has 1 aromatic rings. The predicted molar refractivity (Wildman–Crippen MR) is 67.8 cm³/mol. The molecule has 0 aromatic carbocycles. The van der Waals surface area contributed by atoms with E-state index in [1.54, 1.807) is 13.2 Å². The van der Waals surface area contributed by atoms with Crippen molar-refractivity contribution in [2.45, 2.75) is 26.4 Å². The number of carbonyl (C=O) groups excluding carboxylic acids is 1. The molecule has 0 aliphatic rings. The fraction of sp³-hybridized carbons (Fsp3) is 0.583. The van der Waals surface area contributed by atoms with Crippen LogP contribution in [0, 0.1) is 0 Å². The van der Waals surface area contributed by atoms with Crippen LogP contribution >= 0.6 is 0 Å². The second-order valence-corrected chi connectivity index (χ2v) is 4.14. The predicted octanol–water partition coefficient (Wildman–Crippen LogP) is 0.740. The summed E-state index contributed by atoms with van der Waals surface area (Å²) in [4.78, 5) is 13.5. The van der Waals surface area contributed by atoms with E-state index in [0.29, 0.717) is 18.7 Å². The third kappa shape index (κ3) is 3.83. The number of likely N-dealkylation sites (N-methyl/N-ethyl adjacent to an activating group) is 1. The maximum atomic E-state index is 11.3. The van der Waals surface area contributed by atoms with Crippen molar-refractivity contribution >= 4 is 5.91 Å². The third-order valence-electron chi connectivity index (χ3n) is 2.84. The Hall–Kier alpha value is -1.37. The van der Waals surface area contributed by atoms with Crippen LogP contribution in [0.4, 0.5) is 0 Å². The quantitative estimate of drug-likeness (QED) is 0.427. The van der Waals surface area contributed by atoms with E-state index in [2.05, 4.69) is 24.2 Å². The average Bonchev–Trinajstić information content (AvgIpc) is 2.83.